The molecule has 0 saturated carbocycles. The normalized spacial score (nSPS) is 14.4. The fourth-order valence-electron chi connectivity index (χ4n) is 4.00. The van der Waals surface area contributed by atoms with Gasteiger partial charge in [-0.05, 0) is 34.9 Å². The smallest absolute Gasteiger partial charge is 0.224 e. The molecular formula is C26H28FN3O. The first-order chi connectivity index (χ1) is 15.2. The number of nitrogens with zero attached hydrogens (tertiary/aromatic N) is 2. The van der Waals surface area contributed by atoms with Crippen LogP contribution in [0, 0.1) is 5.82 Å². The average molecular weight is 418 g/mol. The third kappa shape index (κ3) is 5.70. The summed E-state index contributed by atoms with van der Waals surface area (Å²) >= 11 is 0. The summed E-state index contributed by atoms with van der Waals surface area (Å²) in [6.45, 7) is 5.33. The lowest BCUT2D eigenvalue weighted by Crippen LogP contribution is -2.46. The molecule has 1 aliphatic rings. The number of anilines is 1. The highest BCUT2D eigenvalue weighted by molar-refractivity contribution is 5.78. The summed E-state index contributed by atoms with van der Waals surface area (Å²) in [5.41, 5.74) is 4.03. The number of benzene rings is 3. The van der Waals surface area contributed by atoms with Crippen LogP contribution in [0.25, 0.3) is 0 Å². The molecule has 0 radical (unpaired) electrons. The van der Waals surface area contributed by atoms with E-state index in [1.807, 2.05) is 18.2 Å². The molecule has 1 heterocycles. The first-order valence-electron chi connectivity index (χ1n) is 10.8. The van der Waals surface area contributed by atoms with Gasteiger partial charge in [0.15, 0.2) is 0 Å². The fraction of sp³-hybridized carbons (Fsp3) is 0.269. The molecule has 160 valence electrons. The van der Waals surface area contributed by atoms with Gasteiger partial charge in [-0.2, -0.15) is 0 Å². The van der Waals surface area contributed by atoms with Crippen molar-refractivity contribution in [1.82, 2.24) is 10.2 Å². The standard InChI is InChI=1S/C26H28FN3O/c27-25-13-7-6-8-21(25)18-26(31)28-19-22-9-4-5-10-23(22)20-29-14-16-30(17-15-29)24-11-2-1-3-12-24/h1-13H,14-20H2,(H,28,31). The number of nitrogens with one attached hydrogen (secondary N) is 1. The van der Waals surface area contributed by atoms with Crippen molar-refractivity contribution in [3.8, 4) is 0 Å². The molecule has 1 aliphatic heterocycles. The zero-order chi connectivity index (χ0) is 21.5. The second-order valence-electron chi connectivity index (χ2n) is 7.91. The van der Waals surface area contributed by atoms with Gasteiger partial charge in [0.1, 0.15) is 5.82 Å². The summed E-state index contributed by atoms with van der Waals surface area (Å²) in [5.74, 6) is -0.510. The Hall–Kier alpha value is -3.18. The zero-order valence-electron chi connectivity index (χ0n) is 17.6. The quantitative estimate of drug-likeness (QED) is 0.631. The molecule has 4 rings (SSSR count). The lowest BCUT2D eigenvalue weighted by Gasteiger charge is -2.36. The summed E-state index contributed by atoms with van der Waals surface area (Å²) in [6, 6.07) is 25.2. The van der Waals surface area contributed by atoms with Gasteiger partial charge in [0, 0.05) is 45.0 Å². The van der Waals surface area contributed by atoms with Crippen molar-refractivity contribution in [3.63, 3.8) is 0 Å². The number of carbonyl (C=O) groups excluding carboxylic acids is 1. The molecule has 0 aromatic heterocycles. The molecule has 3 aromatic carbocycles. The maximum atomic E-state index is 13.8. The number of rotatable bonds is 7. The molecule has 0 atom stereocenters. The van der Waals surface area contributed by atoms with Crippen molar-refractivity contribution in [3.05, 3.63) is 101 Å². The van der Waals surface area contributed by atoms with E-state index in [-0.39, 0.29) is 18.1 Å². The molecule has 0 unspecified atom stereocenters. The van der Waals surface area contributed by atoms with E-state index in [0.717, 1.165) is 38.3 Å². The number of para-hydroxylation sites is 1. The van der Waals surface area contributed by atoms with E-state index < -0.39 is 0 Å². The van der Waals surface area contributed by atoms with Crippen molar-refractivity contribution in [2.75, 3.05) is 31.1 Å². The summed E-state index contributed by atoms with van der Waals surface area (Å²) in [6.07, 6.45) is 0.0519. The van der Waals surface area contributed by atoms with Gasteiger partial charge >= 0.3 is 0 Å². The Balaban J connectivity index is 1.31. The predicted octanol–water partition coefficient (Wildman–Crippen LogP) is 4.01. The second-order valence-corrected chi connectivity index (χ2v) is 7.91. The summed E-state index contributed by atoms with van der Waals surface area (Å²) in [5, 5.41) is 2.95. The van der Waals surface area contributed by atoms with E-state index >= 15 is 0 Å². The number of carbonyl (C=O) groups is 1. The molecular weight excluding hydrogens is 389 g/mol. The van der Waals surface area contributed by atoms with Gasteiger partial charge in [-0.1, -0.05) is 60.7 Å². The van der Waals surface area contributed by atoms with Crippen LogP contribution in [0.15, 0.2) is 78.9 Å². The fourth-order valence-corrected chi connectivity index (χ4v) is 4.00. The number of piperazine rings is 1. The number of hydrogen-bond donors (Lipinski definition) is 1. The largest absolute Gasteiger partial charge is 0.369 e. The van der Waals surface area contributed by atoms with Crippen molar-refractivity contribution in [1.29, 1.82) is 0 Å². The van der Waals surface area contributed by atoms with Gasteiger partial charge in [-0.25, -0.2) is 4.39 Å². The predicted molar refractivity (Wildman–Crippen MR) is 122 cm³/mol. The van der Waals surface area contributed by atoms with E-state index in [4.69, 9.17) is 0 Å². The van der Waals surface area contributed by atoms with Crippen LogP contribution in [-0.2, 0) is 24.3 Å². The van der Waals surface area contributed by atoms with Crippen LogP contribution >= 0.6 is 0 Å². The number of hydrogen-bond acceptors (Lipinski definition) is 3. The molecule has 4 nitrogen and oxygen atoms in total. The Morgan fingerprint density at radius 3 is 2.10 bits per heavy atom. The molecule has 0 aliphatic carbocycles. The van der Waals surface area contributed by atoms with Crippen molar-refractivity contribution in [2.45, 2.75) is 19.5 Å². The number of amides is 1. The Morgan fingerprint density at radius 1 is 0.774 bits per heavy atom. The van der Waals surface area contributed by atoms with Crippen LogP contribution in [0.1, 0.15) is 16.7 Å². The number of halogens is 1. The third-order valence-corrected chi connectivity index (χ3v) is 5.79. The summed E-state index contributed by atoms with van der Waals surface area (Å²) < 4.78 is 13.8. The highest BCUT2D eigenvalue weighted by atomic mass is 19.1. The van der Waals surface area contributed by atoms with Gasteiger partial charge < -0.3 is 10.2 Å². The molecule has 3 aromatic rings. The van der Waals surface area contributed by atoms with E-state index in [2.05, 4.69) is 51.5 Å². The summed E-state index contributed by atoms with van der Waals surface area (Å²) in [4.78, 5) is 17.2. The zero-order valence-corrected chi connectivity index (χ0v) is 17.6. The van der Waals surface area contributed by atoms with Crippen LogP contribution in [-0.4, -0.2) is 37.0 Å². The maximum Gasteiger partial charge on any atom is 0.224 e. The molecule has 5 heteroatoms. The SMILES string of the molecule is O=C(Cc1ccccc1F)NCc1ccccc1CN1CCN(c2ccccc2)CC1. The molecule has 31 heavy (non-hydrogen) atoms. The first-order valence-corrected chi connectivity index (χ1v) is 10.8. The average Bonchev–Trinajstić information content (AvgIpc) is 2.81. The molecule has 1 fully saturated rings. The third-order valence-electron chi connectivity index (χ3n) is 5.79. The van der Waals surface area contributed by atoms with Gasteiger partial charge in [-0.15, -0.1) is 0 Å². The van der Waals surface area contributed by atoms with Crippen LogP contribution in [0.4, 0.5) is 10.1 Å². The highest BCUT2D eigenvalue weighted by Crippen LogP contribution is 2.18. The van der Waals surface area contributed by atoms with Crippen LogP contribution in [0.3, 0.4) is 0 Å². The lowest BCUT2D eigenvalue weighted by atomic mass is 10.1. The van der Waals surface area contributed by atoms with Crippen LogP contribution in [0.2, 0.25) is 0 Å². The molecule has 0 spiro atoms. The molecule has 1 amide bonds. The molecule has 1 N–H and O–H groups in total. The van der Waals surface area contributed by atoms with Crippen molar-refractivity contribution < 1.29 is 9.18 Å². The monoisotopic (exact) mass is 417 g/mol. The minimum Gasteiger partial charge on any atom is -0.369 e. The topological polar surface area (TPSA) is 35.6 Å². The van der Waals surface area contributed by atoms with Gasteiger partial charge in [0.25, 0.3) is 0 Å². The van der Waals surface area contributed by atoms with Crippen molar-refractivity contribution >= 4 is 11.6 Å². The Morgan fingerprint density at radius 2 is 1.39 bits per heavy atom. The van der Waals surface area contributed by atoms with Crippen LogP contribution in [0.5, 0.6) is 0 Å². The highest BCUT2D eigenvalue weighted by Gasteiger charge is 2.18. The van der Waals surface area contributed by atoms with E-state index in [9.17, 15) is 9.18 Å². The molecule has 1 saturated heterocycles. The minimum atomic E-state index is -0.340. The lowest BCUT2D eigenvalue weighted by molar-refractivity contribution is -0.120. The maximum absolute atomic E-state index is 13.8. The second kappa shape index (κ2) is 10.2. The van der Waals surface area contributed by atoms with Crippen LogP contribution < -0.4 is 10.2 Å². The Labute approximate surface area is 183 Å². The van der Waals surface area contributed by atoms with E-state index in [0.29, 0.717) is 12.1 Å². The van der Waals surface area contributed by atoms with Gasteiger partial charge in [0.2, 0.25) is 5.91 Å². The Bertz CT molecular complexity index is 1000. The minimum absolute atomic E-state index is 0.0519. The van der Waals surface area contributed by atoms with Crippen molar-refractivity contribution in [2.24, 2.45) is 0 Å². The van der Waals surface area contributed by atoms with Gasteiger partial charge in [0.05, 0.1) is 6.42 Å². The summed E-state index contributed by atoms with van der Waals surface area (Å²) in [7, 11) is 0. The van der Waals surface area contributed by atoms with E-state index in [1.165, 1.54) is 17.3 Å². The van der Waals surface area contributed by atoms with E-state index in [1.54, 1.807) is 18.2 Å². The van der Waals surface area contributed by atoms with Gasteiger partial charge in [-0.3, -0.25) is 9.69 Å². The molecule has 0 bridgehead atoms. The first kappa shape index (κ1) is 21.1. The Kier molecular flexibility index (Phi) is 6.95.